The van der Waals surface area contributed by atoms with Crippen LogP contribution in [0.3, 0.4) is 0 Å². The highest BCUT2D eigenvalue weighted by molar-refractivity contribution is 7.95. The van der Waals surface area contributed by atoms with Gasteiger partial charge in [-0.3, -0.25) is 0 Å². The summed E-state index contributed by atoms with van der Waals surface area (Å²) in [5, 5.41) is 0. The van der Waals surface area contributed by atoms with E-state index in [9.17, 15) is 8.94 Å². The van der Waals surface area contributed by atoms with Crippen molar-refractivity contribution in [3.63, 3.8) is 0 Å². The maximum atomic E-state index is 14.3. The van der Waals surface area contributed by atoms with E-state index in [1.807, 2.05) is 38.1 Å². The minimum absolute atomic E-state index is 0.0447. The molecule has 2 aliphatic heterocycles. The summed E-state index contributed by atoms with van der Waals surface area (Å²) < 4.78 is 42.3. The predicted molar refractivity (Wildman–Crippen MR) is 100.0 cm³/mol. The molecule has 1 fully saturated rings. The summed E-state index contributed by atoms with van der Waals surface area (Å²) in [7, 11) is 0. The maximum Gasteiger partial charge on any atom is 0.203 e. The van der Waals surface area contributed by atoms with Crippen LogP contribution < -0.4 is 8.61 Å². The van der Waals surface area contributed by atoms with Gasteiger partial charge in [0.25, 0.3) is 0 Å². The molecule has 0 radical (unpaired) electrons. The zero-order chi connectivity index (χ0) is 18.3. The number of para-hydroxylation sites is 3. The molecule has 2 heterocycles. The second kappa shape index (κ2) is 6.74. The van der Waals surface area contributed by atoms with Crippen molar-refractivity contribution in [2.75, 3.05) is 21.8 Å². The van der Waals surface area contributed by atoms with Crippen molar-refractivity contribution in [2.24, 2.45) is 0 Å². The van der Waals surface area contributed by atoms with Gasteiger partial charge in [-0.1, -0.05) is 24.3 Å². The van der Waals surface area contributed by atoms with Crippen molar-refractivity contribution in [3.05, 3.63) is 54.3 Å². The lowest BCUT2D eigenvalue weighted by molar-refractivity contribution is -0.138. The SMILES string of the molecule is CC1(C)OC[C@H](CCN2c3ccccc3N(c3ccccc3F)[S+]2[O-])O1. The molecular weight excluding hydrogens is 355 g/mol. The van der Waals surface area contributed by atoms with Crippen molar-refractivity contribution in [3.8, 4) is 0 Å². The van der Waals surface area contributed by atoms with Gasteiger partial charge in [-0.25, -0.2) is 4.39 Å². The molecule has 0 aromatic heterocycles. The Kier molecular flexibility index (Phi) is 4.56. The second-order valence-electron chi connectivity index (χ2n) is 6.81. The summed E-state index contributed by atoms with van der Waals surface area (Å²) in [6, 6.07) is 13.9. The van der Waals surface area contributed by atoms with Gasteiger partial charge in [0.2, 0.25) is 11.5 Å². The summed E-state index contributed by atoms with van der Waals surface area (Å²) in [4.78, 5) is 0. The fourth-order valence-electron chi connectivity index (χ4n) is 3.31. The Balaban J connectivity index is 1.58. The Hall–Kier alpha value is -1.80. The van der Waals surface area contributed by atoms with E-state index in [0.717, 1.165) is 11.4 Å². The number of anilines is 3. The van der Waals surface area contributed by atoms with Crippen molar-refractivity contribution >= 4 is 28.6 Å². The van der Waals surface area contributed by atoms with Crippen LogP contribution in [0.1, 0.15) is 20.3 Å². The third-order valence-electron chi connectivity index (χ3n) is 4.51. The molecule has 0 aliphatic carbocycles. The molecule has 5 nitrogen and oxygen atoms in total. The van der Waals surface area contributed by atoms with Gasteiger partial charge in [0.05, 0.1) is 19.3 Å². The van der Waals surface area contributed by atoms with E-state index >= 15 is 0 Å². The summed E-state index contributed by atoms with van der Waals surface area (Å²) >= 11 is -1.55. The second-order valence-corrected chi connectivity index (χ2v) is 8.07. The van der Waals surface area contributed by atoms with E-state index in [1.165, 1.54) is 6.07 Å². The highest BCUT2D eigenvalue weighted by Gasteiger charge is 2.43. The number of fused-ring (bicyclic) bond motifs is 1. The van der Waals surface area contributed by atoms with Gasteiger partial charge < -0.3 is 14.0 Å². The molecule has 1 unspecified atom stereocenters. The smallest absolute Gasteiger partial charge is 0.203 e. The van der Waals surface area contributed by atoms with Gasteiger partial charge in [0, 0.05) is 0 Å². The van der Waals surface area contributed by atoms with E-state index in [2.05, 4.69) is 0 Å². The van der Waals surface area contributed by atoms with Crippen molar-refractivity contribution in [1.29, 1.82) is 0 Å². The number of halogens is 1. The van der Waals surface area contributed by atoms with Crippen LogP contribution in [0, 0.1) is 5.82 Å². The maximum absolute atomic E-state index is 14.3. The lowest BCUT2D eigenvalue weighted by atomic mass is 10.2. The van der Waals surface area contributed by atoms with Gasteiger partial charge in [0.15, 0.2) is 11.6 Å². The molecule has 2 atom stereocenters. The molecule has 7 heteroatoms. The molecule has 2 aromatic carbocycles. The lowest BCUT2D eigenvalue weighted by Gasteiger charge is -2.24. The molecule has 1 saturated heterocycles. The van der Waals surface area contributed by atoms with Crippen LogP contribution in [0.25, 0.3) is 0 Å². The average Bonchev–Trinajstić information content (AvgIpc) is 3.10. The van der Waals surface area contributed by atoms with Crippen LogP contribution in [0.2, 0.25) is 0 Å². The molecule has 4 rings (SSSR count). The zero-order valence-corrected chi connectivity index (χ0v) is 15.5. The van der Waals surface area contributed by atoms with Crippen LogP contribution >= 0.6 is 0 Å². The van der Waals surface area contributed by atoms with E-state index in [0.29, 0.717) is 25.3 Å². The Morgan fingerprint density at radius 3 is 2.42 bits per heavy atom. The van der Waals surface area contributed by atoms with Crippen molar-refractivity contribution in [1.82, 2.24) is 0 Å². The molecule has 0 spiro atoms. The highest BCUT2D eigenvalue weighted by atomic mass is 32.2. The van der Waals surface area contributed by atoms with Gasteiger partial charge in [-0.15, -0.1) is 4.31 Å². The molecule has 2 aromatic rings. The van der Waals surface area contributed by atoms with Gasteiger partial charge in [-0.2, -0.15) is 4.31 Å². The molecule has 138 valence electrons. The van der Waals surface area contributed by atoms with Gasteiger partial charge in [0.1, 0.15) is 17.1 Å². The lowest BCUT2D eigenvalue weighted by Crippen LogP contribution is -2.37. The fraction of sp³-hybridized carbons (Fsp3) is 0.368. The first kappa shape index (κ1) is 17.6. The summed E-state index contributed by atoms with van der Waals surface area (Å²) in [6.45, 7) is 4.82. The Morgan fingerprint density at radius 1 is 1.12 bits per heavy atom. The number of benzene rings is 2. The van der Waals surface area contributed by atoms with E-state index in [1.54, 1.807) is 26.8 Å². The van der Waals surface area contributed by atoms with E-state index in [-0.39, 0.29) is 6.10 Å². The third kappa shape index (κ3) is 3.16. The summed E-state index contributed by atoms with van der Waals surface area (Å²) in [6.07, 6.45) is 0.630. The number of ether oxygens (including phenoxy) is 2. The molecule has 0 saturated carbocycles. The monoisotopic (exact) mass is 376 g/mol. The third-order valence-corrected chi connectivity index (χ3v) is 5.97. The van der Waals surface area contributed by atoms with Crippen LogP contribution in [-0.4, -0.2) is 29.6 Å². The first-order chi connectivity index (χ1) is 12.5. The summed E-state index contributed by atoms with van der Waals surface area (Å²) in [5.74, 6) is -0.974. The van der Waals surface area contributed by atoms with E-state index in [4.69, 9.17) is 9.47 Å². The summed E-state index contributed by atoms with van der Waals surface area (Å²) in [5.41, 5.74) is 1.87. The fourth-order valence-corrected chi connectivity index (χ4v) is 4.73. The Morgan fingerprint density at radius 2 is 1.77 bits per heavy atom. The van der Waals surface area contributed by atoms with Crippen LogP contribution in [0.4, 0.5) is 21.5 Å². The topological polar surface area (TPSA) is 48.0 Å². The number of hydrogen-bond acceptors (Lipinski definition) is 5. The number of nitrogens with zero attached hydrogens (tertiary/aromatic N) is 2. The average molecular weight is 376 g/mol. The van der Waals surface area contributed by atoms with Gasteiger partial charge >= 0.3 is 0 Å². The molecule has 2 aliphatic rings. The van der Waals surface area contributed by atoms with Crippen LogP contribution in [0.5, 0.6) is 0 Å². The minimum Gasteiger partial charge on any atom is -0.568 e. The molecular formula is C19H21FN2O3S. The molecule has 0 bridgehead atoms. The quantitative estimate of drug-likeness (QED) is 0.758. The standard InChI is InChI=1S/C19H21FN2O3S/c1-19(2)24-13-14(25-19)11-12-21-17-9-5-6-10-18(17)22(26(21)23)16-8-4-3-7-15(16)20/h3-10,14H,11-13H2,1-2H3/t14-,26?/m0/s1. The van der Waals surface area contributed by atoms with Crippen LogP contribution in [0.15, 0.2) is 48.5 Å². The number of rotatable bonds is 4. The normalized spacial score (nSPS) is 24.2. The van der Waals surface area contributed by atoms with Crippen molar-refractivity contribution < 1.29 is 18.4 Å². The van der Waals surface area contributed by atoms with Gasteiger partial charge in [-0.05, 0) is 44.5 Å². The number of hydrogen-bond donors (Lipinski definition) is 0. The van der Waals surface area contributed by atoms with E-state index < -0.39 is 23.2 Å². The van der Waals surface area contributed by atoms with Crippen molar-refractivity contribution in [2.45, 2.75) is 32.2 Å². The van der Waals surface area contributed by atoms with Crippen LogP contribution in [-0.2, 0) is 21.0 Å². The predicted octanol–water partition coefficient (Wildman–Crippen LogP) is 3.90. The molecule has 0 N–H and O–H groups in total. The molecule has 26 heavy (non-hydrogen) atoms. The minimum atomic E-state index is -1.55. The zero-order valence-electron chi connectivity index (χ0n) is 14.7. The first-order valence-electron chi connectivity index (χ1n) is 8.61. The first-order valence-corrected chi connectivity index (χ1v) is 9.68. The highest BCUT2D eigenvalue weighted by Crippen LogP contribution is 2.45. The largest absolute Gasteiger partial charge is 0.568 e. The Bertz CT molecular complexity index is 804. The Labute approximate surface area is 155 Å². The molecule has 0 amide bonds.